The lowest BCUT2D eigenvalue weighted by Gasteiger charge is -2.43. The number of carbonyl (C=O) groups is 1. The molecule has 0 amide bonds. The van der Waals surface area contributed by atoms with Gasteiger partial charge in [0, 0.05) is 42.1 Å². The van der Waals surface area contributed by atoms with E-state index in [1.54, 1.807) is 21.3 Å². The van der Waals surface area contributed by atoms with E-state index in [1.807, 2.05) is 6.92 Å². The Labute approximate surface area is 232 Å². The topological polar surface area (TPSA) is 81.7 Å². The van der Waals surface area contributed by atoms with Crippen LogP contribution in [0.5, 0.6) is 0 Å². The van der Waals surface area contributed by atoms with Gasteiger partial charge in [-0.05, 0) is 57.2 Å². The molecule has 13 heteroatoms. The van der Waals surface area contributed by atoms with Crippen LogP contribution in [0.2, 0.25) is 76.0 Å². The Balaban J connectivity index is 2.87. The standard InChI is InChI=1S/C24H56O8Si5/c1-23(24(25)29-16-14-21-37(26-2,27-3)28-4)22-35(10)19-13-12-17-30-34(8,9)31-36(11,32-35)20-15-18-33(5,6)7/h23H,12-22H2,1-11H3. The summed E-state index contributed by atoms with van der Waals surface area (Å²) in [7, 11) is -5.99. The minimum absolute atomic E-state index is 0.157. The molecule has 3 atom stereocenters. The summed E-state index contributed by atoms with van der Waals surface area (Å²) < 4.78 is 42.3. The molecular formula is C24H56O8Si5. The van der Waals surface area contributed by atoms with Gasteiger partial charge in [0.1, 0.15) is 0 Å². The Morgan fingerprint density at radius 3 is 2.11 bits per heavy atom. The molecule has 1 fully saturated rings. The van der Waals surface area contributed by atoms with Crippen LogP contribution in [-0.4, -0.2) is 82.8 Å². The number of ether oxygens (including phenoxy) is 1. The minimum atomic E-state index is -2.65. The molecule has 0 aromatic heterocycles. The van der Waals surface area contributed by atoms with E-state index in [2.05, 4.69) is 45.8 Å². The molecule has 0 aliphatic carbocycles. The summed E-state index contributed by atoms with van der Waals surface area (Å²) in [6.07, 6.45) is 3.84. The van der Waals surface area contributed by atoms with E-state index >= 15 is 0 Å². The first-order valence-electron chi connectivity index (χ1n) is 13.9. The molecule has 3 unspecified atom stereocenters. The van der Waals surface area contributed by atoms with Crippen molar-refractivity contribution in [2.45, 2.75) is 109 Å². The maximum absolute atomic E-state index is 12.9. The predicted octanol–water partition coefficient (Wildman–Crippen LogP) is 6.35. The van der Waals surface area contributed by atoms with Crippen molar-refractivity contribution < 1.29 is 35.5 Å². The lowest BCUT2D eigenvalue weighted by Crippen LogP contribution is -2.57. The molecule has 1 heterocycles. The average Bonchev–Trinajstić information content (AvgIpc) is 2.77. The van der Waals surface area contributed by atoms with Crippen LogP contribution in [0.15, 0.2) is 0 Å². The molecular weight excluding hydrogens is 557 g/mol. The Kier molecular flexibility index (Phi) is 14.7. The van der Waals surface area contributed by atoms with Crippen molar-refractivity contribution in [2.24, 2.45) is 5.92 Å². The third kappa shape index (κ3) is 13.5. The van der Waals surface area contributed by atoms with Gasteiger partial charge in [-0.1, -0.05) is 45.5 Å². The number of carbonyl (C=O) groups excluding carboxylic acids is 1. The van der Waals surface area contributed by atoms with Gasteiger partial charge in [0.25, 0.3) is 0 Å². The second kappa shape index (κ2) is 15.4. The third-order valence-corrected chi connectivity index (χ3v) is 24.1. The second-order valence-corrected chi connectivity index (χ2v) is 32.6. The zero-order valence-corrected chi connectivity index (χ0v) is 30.6. The van der Waals surface area contributed by atoms with Gasteiger partial charge in [0.05, 0.1) is 12.5 Å². The highest BCUT2D eigenvalue weighted by Crippen LogP contribution is 2.35. The van der Waals surface area contributed by atoms with E-state index in [4.69, 9.17) is 30.7 Å². The largest absolute Gasteiger partial charge is 0.500 e. The second-order valence-electron chi connectivity index (χ2n) is 12.6. The summed E-state index contributed by atoms with van der Waals surface area (Å²) in [6, 6.07) is 4.63. The number of rotatable bonds is 14. The SMILES string of the molecule is CO[Si](CCCOC(=O)C(C)C[Si]1(C)CCCCO[Si](C)(C)O[Si](C)(CCC[Si](C)(C)C)O1)(OC)OC. The molecule has 0 bridgehead atoms. The zero-order chi connectivity index (χ0) is 28.4. The summed E-state index contributed by atoms with van der Waals surface area (Å²) in [6.45, 7) is 19.1. The summed E-state index contributed by atoms with van der Waals surface area (Å²) in [5.74, 6) is -0.370. The lowest BCUT2D eigenvalue weighted by molar-refractivity contribution is -0.147. The first-order valence-corrected chi connectivity index (χ1v) is 27.7. The Hall–Kier alpha value is 0.314. The van der Waals surface area contributed by atoms with Gasteiger partial charge in [0.15, 0.2) is 8.32 Å². The molecule has 8 nitrogen and oxygen atoms in total. The van der Waals surface area contributed by atoms with Crippen LogP contribution in [0.1, 0.15) is 32.6 Å². The fourth-order valence-electron chi connectivity index (χ4n) is 5.14. The van der Waals surface area contributed by atoms with Crippen molar-refractivity contribution >= 4 is 48.3 Å². The molecule has 1 saturated heterocycles. The molecule has 0 aromatic carbocycles. The first-order chi connectivity index (χ1) is 17.0. The van der Waals surface area contributed by atoms with E-state index in [9.17, 15) is 4.79 Å². The molecule has 0 N–H and O–H groups in total. The summed E-state index contributed by atoms with van der Waals surface area (Å²) in [4.78, 5) is 12.9. The van der Waals surface area contributed by atoms with E-state index in [0.717, 1.165) is 44.0 Å². The molecule has 0 spiro atoms. The normalized spacial score (nSPS) is 26.5. The fourth-order valence-corrected chi connectivity index (χ4v) is 23.2. The molecule has 0 radical (unpaired) electrons. The first kappa shape index (κ1) is 35.3. The highest BCUT2D eigenvalue weighted by Gasteiger charge is 2.47. The summed E-state index contributed by atoms with van der Waals surface area (Å²) in [5.41, 5.74) is 0. The molecule has 1 rings (SSSR count). The van der Waals surface area contributed by atoms with E-state index in [0.29, 0.717) is 19.1 Å². The van der Waals surface area contributed by atoms with Gasteiger partial charge < -0.3 is 30.7 Å². The van der Waals surface area contributed by atoms with Crippen LogP contribution in [0.3, 0.4) is 0 Å². The van der Waals surface area contributed by atoms with Gasteiger partial charge in [-0.3, -0.25) is 4.79 Å². The summed E-state index contributed by atoms with van der Waals surface area (Å²) in [5, 5.41) is 0. The van der Waals surface area contributed by atoms with Gasteiger partial charge in [-0.15, -0.1) is 0 Å². The highest BCUT2D eigenvalue weighted by atomic mass is 28.5. The van der Waals surface area contributed by atoms with E-state index in [-0.39, 0.29) is 11.9 Å². The van der Waals surface area contributed by atoms with Crippen molar-refractivity contribution in [3.05, 3.63) is 0 Å². The van der Waals surface area contributed by atoms with Crippen molar-refractivity contribution in [2.75, 3.05) is 34.5 Å². The summed E-state index contributed by atoms with van der Waals surface area (Å²) >= 11 is 0. The number of esters is 1. The predicted molar refractivity (Wildman–Crippen MR) is 162 cm³/mol. The van der Waals surface area contributed by atoms with Gasteiger partial charge in [-0.25, -0.2) is 0 Å². The molecule has 220 valence electrons. The van der Waals surface area contributed by atoms with Crippen LogP contribution in [0.4, 0.5) is 0 Å². The number of hydrogen-bond acceptors (Lipinski definition) is 8. The van der Waals surface area contributed by atoms with Crippen LogP contribution < -0.4 is 0 Å². The average molecular weight is 613 g/mol. The van der Waals surface area contributed by atoms with E-state index in [1.165, 1.54) is 6.04 Å². The van der Waals surface area contributed by atoms with Gasteiger partial charge in [0.2, 0.25) is 0 Å². The molecule has 37 heavy (non-hydrogen) atoms. The minimum Gasteiger partial charge on any atom is -0.465 e. The molecule has 0 saturated carbocycles. The quantitative estimate of drug-likeness (QED) is 0.127. The third-order valence-electron chi connectivity index (χ3n) is 6.98. The maximum atomic E-state index is 12.9. The van der Waals surface area contributed by atoms with Crippen molar-refractivity contribution in [1.29, 1.82) is 0 Å². The fraction of sp³-hybridized carbons (Fsp3) is 0.958. The van der Waals surface area contributed by atoms with Crippen LogP contribution in [-0.2, 0) is 35.5 Å². The van der Waals surface area contributed by atoms with Gasteiger partial charge in [-0.2, -0.15) is 0 Å². The Morgan fingerprint density at radius 2 is 1.54 bits per heavy atom. The van der Waals surface area contributed by atoms with Crippen molar-refractivity contribution in [1.82, 2.24) is 0 Å². The lowest BCUT2D eigenvalue weighted by atomic mass is 10.2. The highest BCUT2D eigenvalue weighted by molar-refractivity contribution is 6.87. The van der Waals surface area contributed by atoms with Gasteiger partial charge >= 0.3 is 31.9 Å². The maximum Gasteiger partial charge on any atom is 0.500 e. The van der Waals surface area contributed by atoms with Crippen LogP contribution >= 0.6 is 0 Å². The molecule has 1 aliphatic heterocycles. The molecule has 0 aromatic rings. The number of hydrogen-bond donors (Lipinski definition) is 0. The monoisotopic (exact) mass is 612 g/mol. The van der Waals surface area contributed by atoms with Crippen molar-refractivity contribution in [3.8, 4) is 0 Å². The van der Waals surface area contributed by atoms with Crippen LogP contribution in [0, 0.1) is 5.92 Å². The Morgan fingerprint density at radius 1 is 0.919 bits per heavy atom. The van der Waals surface area contributed by atoms with E-state index < -0.39 is 42.3 Å². The Bertz CT molecular complexity index is 680. The zero-order valence-electron chi connectivity index (χ0n) is 25.6. The van der Waals surface area contributed by atoms with Crippen LogP contribution in [0.25, 0.3) is 0 Å². The molecule has 1 aliphatic rings. The smallest absolute Gasteiger partial charge is 0.465 e. The van der Waals surface area contributed by atoms with Crippen molar-refractivity contribution in [3.63, 3.8) is 0 Å².